The van der Waals surface area contributed by atoms with Gasteiger partial charge in [-0.25, -0.2) is 0 Å². The summed E-state index contributed by atoms with van der Waals surface area (Å²) in [4.78, 5) is 2.35. The van der Waals surface area contributed by atoms with Crippen LogP contribution >= 0.6 is 15.9 Å². The smallest absolute Gasteiger partial charge is 0.162 e. The van der Waals surface area contributed by atoms with Crippen molar-refractivity contribution in [1.82, 2.24) is 4.90 Å². The second kappa shape index (κ2) is 6.11. The zero-order chi connectivity index (χ0) is 14.0. The summed E-state index contributed by atoms with van der Waals surface area (Å²) >= 11 is 3.45. The first kappa shape index (κ1) is 14.6. The monoisotopic (exact) mass is 328 g/mol. The van der Waals surface area contributed by atoms with Crippen LogP contribution in [0.3, 0.4) is 0 Å². The Labute approximate surface area is 122 Å². The Hall–Kier alpha value is -0.780. The number of nitrogens with zero attached hydrogens (tertiary/aromatic N) is 1. The van der Waals surface area contributed by atoms with Crippen LogP contribution in [0.2, 0.25) is 0 Å². The fraction of sp³-hybridized carbons (Fsp3) is 0.571. The van der Waals surface area contributed by atoms with Crippen molar-refractivity contribution < 1.29 is 9.84 Å². The summed E-state index contributed by atoms with van der Waals surface area (Å²) in [5.74, 6) is 0.735. The Kier molecular flexibility index (Phi) is 4.71. The standard InChI is InChI=1S/C14H21BrN2O2/c1-9-5-12(16)3-4-17(9)8-10-6-11(15)7-13(19-2)14(10)18/h6-7,9,12,18H,3-5,8,16H2,1-2H3/t9-,12-/m0/s1. The summed E-state index contributed by atoms with van der Waals surface area (Å²) in [5.41, 5.74) is 6.86. The molecule has 0 amide bonds. The first-order valence-electron chi connectivity index (χ1n) is 6.56. The second-order valence-corrected chi connectivity index (χ2v) is 6.14. The van der Waals surface area contributed by atoms with Gasteiger partial charge >= 0.3 is 0 Å². The zero-order valence-corrected chi connectivity index (χ0v) is 13.0. The molecule has 1 heterocycles. The molecule has 0 bridgehead atoms. The van der Waals surface area contributed by atoms with Crippen molar-refractivity contribution >= 4 is 15.9 Å². The van der Waals surface area contributed by atoms with E-state index in [1.54, 1.807) is 13.2 Å². The van der Waals surface area contributed by atoms with Gasteiger partial charge in [0.1, 0.15) is 0 Å². The van der Waals surface area contributed by atoms with Crippen molar-refractivity contribution in [3.63, 3.8) is 0 Å². The number of halogens is 1. The van der Waals surface area contributed by atoms with Gasteiger partial charge in [-0.15, -0.1) is 0 Å². The normalized spacial score (nSPS) is 24.4. The molecule has 1 aromatic rings. The summed E-state index contributed by atoms with van der Waals surface area (Å²) < 4.78 is 6.10. The van der Waals surface area contributed by atoms with Crippen molar-refractivity contribution in [2.24, 2.45) is 5.73 Å². The first-order valence-corrected chi connectivity index (χ1v) is 7.35. The van der Waals surface area contributed by atoms with Crippen LogP contribution in [-0.4, -0.2) is 35.7 Å². The highest BCUT2D eigenvalue weighted by molar-refractivity contribution is 9.10. The van der Waals surface area contributed by atoms with Crippen molar-refractivity contribution in [3.8, 4) is 11.5 Å². The molecule has 1 saturated heterocycles. The average Bonchev–Trinajstić information content (AvgIpc) is 2.36. The van der Waals surface area contributed by atoms with Gasteiger partial charge in [0.05, 0.1) is 7.11 Å². The molecule has 3 N–H and O–H groups in total. The van der Waals surface area contributed by atoms with Gasteiger partial charge in [0.2, 0.25) is 0 Å². The Morgan fingerprint density at radius 1 is 1.53 bits per heavy atom. The highest BCUT2D eigenvalue weighted by Gasteiger charge is 2.24. The Morgan fingerprint density at radius 2 is 2.26 bits per heavy atom. The molecular weight excluding hydrogens is 308 g/mol. The van der Waals surface area contributed by atoms with E-state index in [1.165, 1.54) is 0 Å². The van der Waals surface area contributed by atoms with Crippen molar-refractivity contribution in [2.75, 3.05) is 13.7 Å². The maximum Gasteiger partial charge on any atom is 0.162 e. The van der Waals surface area contributed by atoms with Gasteiger partial charge in [-0.1, -0.05) is 15.9 Å². The molecule has 0 aliphatic carbocycles. The van der Waals surface area contributed by atoms with Crippen LogP contribution in [0.25, 0.3) is 0 Å². The van der Waals surface area contributed by atoms with E-state index >= 15 is 0 Å². The molecule has 1 fully saturated rings. The summed E-state index contributed by atoms with van der Waals surface area (Å²) in [6.45, 7) is 3.87. The molecule has 0 spiro atoms. The number of phenolic OH excluding ortho intramolecular Hbond substituents is 1. The minimum Gasteiger partial charge on any atom is -0.504 e. The molecule has 0 radical (unpaired) electrons. The van der Waals surface area contributed by atoms with E-state index in [9.17, 15) is 5.11 Å². The molecule has 0 unspecified atom stereocenters. The molecule has 2 atom stereocenters. The minimum absolute atomic E-state index is 0.229. The van der Waals surface area contributed by atoms with Crippen LogP contribution in [0, 0.1) is 0 Å². The van der Waals surface area contributed by atoms with E-state index in [1.807, 2.05) is 6.07 Å². The first-order chi connectivity index (χ1) is 9.01. The lowest BCUT2D eigenvalue weighted by Crippen LogP contribution is -2.44. The van der Waals surface area contributed by atoms with Crippen LogP contribution < -0.4 is 10.5 Å². The second-order valence-electron chi connectivity index (χ2n) is 5.22. The van der Waals surface area contributed by atoms with E-state index in [2.05, 4.69) is 27.8 Å². The molecule has 0 saturated carbocycles. The number of aromatic hydroxyl groups is 1. The van der Waals surface area contributed by atoms with E-state index in [0.29, 0.717) is 17.8 Å². The molecular formula is C14H21BrN2O2. The number of hydrogen-bond acceptors (Lipinski definition) is 4. The number of likely N-dealkylation sites (tertiary alicyclic amines) is 1. The van der Waals surface area contributed by atoms with Gasteiger partial charge < -0.3 is 15.6 Å². The van der Waals surface area contributed by atoms with Gasteiger partial charge in [-0.3, -0.25) is 4.90 Å². The molecule has 1 aliphatic heterocycles. The summed E-state index contributed by atoms with van der Waals surface area (Å²) in [6, 6.07) is 4.46. The van der Waals surface area contributed by atoms with Gasteiger partial charge in [0, 0.05) is 35.2 Å². The SMILES string of the molecule is COc1cc(Br)cc(CN2CC[C@H](N)C[C@@H]2C)c1O. The molecule has 0 aromatic heterocycles. The lowest BCUT2D eigenvalue weighted by atomic mass is 9.98. The number of methoxy groups -OCH3 is 1. The van der Waals surface area contributed by atoms with E-state index < -0.39 is 0 Å². The van der Waals surface area contributed by atoms with Crippen LogP contribution in [0.5, 0.6) is 11.5 Å². The third-order valence-corrected chi connectivity index (χ3v) is 4.22. The lowest BCUT2D eigenvalue weighted by Gasteiger charge is -2.36. The van der Waals surface area contributed by atoms with Crippen LogP contribution in [0.15, 0.2) is 16.6 Å². The van der Waals surface area contributed by atoms with E-state index in [0.717, 1.165) is 36.0 Å². The molecule has 2 rings (SSSR count). The quantitative estimate of drug-likeness (QED) is 0.894. The molecule has 19 heavy (non-hydrogen) atoms. The average molecular weight is 329 g/mol. The topological polar surface area (TPSA) is 58.7 Å². The number of hydrogen-bond donors (Lipinski definition) is 2. The van der Waals surface area contributed by atoms with Gasteiger partial charge in [-0.05, 0) is 31.9 Å². The van der Waals surface area contributed by atoms with Gasteiger partial charge in [0.25, 0.3) is 0 Å². The number of rotatable bonds is 3. The molecule has 1 aromatic carbocycles. The van der Waals surface area contributed by atoms with Crippen molar-refractivity contribution in [3.05, 3.63) is 22.2 Å². The molecule has 1 aliphatic rings. The number of benzene rings is 1. The predicted octanol–water partition coefficient (Wildman–Crippen LogP) is 2.47. The van der Waals surface area contributed by atoms with E-state index in [4.69, 9.17) is 10.5 Å². The van der Waals surface area contributed by atoms with Gasteiger partial charge in [0.15, 0.2) is 11.5 Å². The molecule has 5 heteroatoms. The van der Waals surface area contributed by atoms with Crippen LogP contribution in [-0.2, 0) is 6.54 Å². The largest absolute Gasteiger partial charge is 0.504 e. The Bertz CT molecular complexity index is 453. The lowest BCUT2D eigenvalue weighted by molar-refractivity contribution is 0.138. The predicted molar refractivity (Wildman–Crippen MR) is 79.4 cm³/mol. The highest BCUT2D eigenvalue weighted by Crippen LogP contribution is 2.35. The van der Waals surface area contributed by atoms with Crippen molar-refractivity contribution in [2.45, 2.75) is 38.4 Å². The maximum absolute atomic E-state index is 10.2. The van der Waals surface area contributed by atoms with Crippen LogP contribution in [0.4, 0.5) is 0 Å². The molecule has 106 valence electrons. The third-order valence-electron chi connectivity index (χ3n) is 3.77. The Balaban J connectivity index is 2.17. The highest BCUT2D eigenvalue weighted by atomic mass is 79.9. The van der Waals surface area contributed by atoms with Crippen LogP contribution in [0.1, 0.15) is 25.3 Å². The number of nitrogens with two attached hydrogens (primary N) is 1. The number of piperidine rings is 1. The summed E-state index contributed by atoms with van der Waals surface area (Å²) in [7, 11) is 1.56. The number of phenols is 1. The fourth-order valence-corrected chi connectivity index (χ4v) is 3.10. The fourth-order valence-electron chi connectivity index (χ4n) is 2.62. The minimum atomic E-state index is 0.229. The van der Waals surface area contributed by atoms with Crippen molar-refractivity contribution in [1.29, 1.82) is 0 Å². The van der Waals surface area contributed by atoms with Gasteiger partial charge in [-0.2, -0.15) is 0 Å². The third kappa shape index (κ3) is 3.41. The number of ether oxygens (including phenoxy) is 1. The summed E-state index contributed by atoms with van der Waals surface area (Å²) in [6.07, 6.45) is 2.02. The zero-order valence-electron chi connectivity index (χ0n) is 11.4. The maximum atomic E-state index is 10.2. The Morgan fingerprint density at radius 3 is 2.89 bits per heavy atom. The summed E-state index contributed by atoms with van der Waals surface area (Å²) in [5, 5.41) is 10.2. The molecule has 4 nitrogen and oxygen atoms in total. The van der Waals surface area contributed by atoms with E-state index in [-0.39, 0.29) is 5.75 Å².